The minimum Gasteiger partial charge on any atom is -0.461 e. The molecular weight excluding hydrogens is 373 g/mol. The highest BCUT2D eigenvalue weighted by Gasteiger charge is 2.15. The zero-order valence-electron chi connectivity index (χ0n) is 14.3. The summed E-state index contributed by atoms with van der Waals surface area (Å²) in [5.74, 6) is 0.0988. The van der Waals surface area contributed by atoms with Gasteiger partial charge in [0.05, 0.1) is 18.6 Å². The lowest BCUT2D eigenvalue weighted by Crippen LogP contribution is -2.33. The third-order valence-corrected chi connectivity index (χ3v) is 4.50. The van der Waals surface area contributed by atoms with Crippen LogP contribution in [-0.4, -0.2) is 38.9 Å². The molecule has 0 aliphatic carbocycles. The number of aromatic nitrogens is 3. The maximum Gasteiger partial charge on any atom is 0.243 e. The van der Waals surface area contributed by atoms with Gasteiger partial charge in [-0.25, -0.2) is 4.39 Å². The third-order valence-electron chi connectivity index (χ3n) is 3.48. The van der Waals surface area contributed by atoms with Crippen LogP contribution in [0, 0.1) is 5.82 Å². The van der Waals surface area contributed by atoms with Gasteiger partial charge >= 0.3 is 0 Å². The minimum atomic E-state index is -0.404. The molecule has 0 atom stereocenters. The molecule has 10 heteroatoms. The molecule has 0 saturated carbocycles. The summed E-state index contributed by atoms with van der Waals surface area (Å²) < 4.78 is 19.8. The van der Waals surface area contributed by atoms with Gasteiger partial charge in [-0.2, -0.15) is 0 Å². The van der Waals surface area contributed by atoms with Gasteiger partial charge in [0.15, 0.2) is 16.7 Å². The third kappa shape index (κ3) is 4.94. The number of halogens is 1. The molecule has 3 rings (SSSR count). The van der Waals surface area contributed by atoms with E-state index in [2.05, 4.69) is 20.8 Å². The van der Waals surface area contributed by atoms with Crippen LogP contribution in [0.1, 0.15) is 0 Å². The van der Waals surface area contributed by atoms with Crippen LogP contribution < -0.4 is 10.6 Å². The molecule has 2 heterocycles. The van der Waals surface area contributed by atoms with Crippen molar-refractivity contribution in [3.63, 3.8) is 0 Å². The van der Waals surface area contributed by atoms with Crippen LogP contribution in [0.5, 0.6) is 0 Å². The summed E-state index contributed by atoms with van der Waals surface area (Å²) in [5.41, 5.74) is 0.453. The van der Waals surface area contributed by atoms with Crippen molar-refractivity contribution in [1.82, 2.24) is 20.1 Å². The number of hydrogen-bond acceptors (Lipinski definition) is 6. The largest absolute Gasteiger partial charge is 0.461 e. The highest BCUT2D eigenvalue weighted by Crippen LogP contribution is 2.22. The molecule has 8 nitrogen and oxygen atoms in total. The number of carbonyl (C=O) groups excluding carboxylic acids is 2. The fourth-order valence-electron chi connectivity index (χ4n) is 2.16. The Morgan fingerprint density at radius 1 is 1.19 bits per heavy atom. The number of hydrogen-bond donors (Lipinski definition) is 2. The van der Waals surface area contributed by atoms with Crippen molar-refractivity contribution in [3.05, 3.63) is 48.5 Å². The monoisotopic (exact) mass is 389 g/mol. The summed E-state index contributed by atoms with van der Waals surface area (Å²) in [6, 6.07) is 8.88. The number of anilines is 1. The predicted octanol–water partition coefficient (Wildman–Crippen LogP) is 2.06. The van der Waals surface area contributed by atoms with E-state index in [0.717, 1.165) is 0 Å². The molecule has 2 aromatic heterocycles. The van der Waals surface area contributed by atoms with Gasteiger partial charge in [0.25, 0.3) is 0 Å². The number of amides is 2. The predicted molar refractivity (Wildman–Crippen MR) is 97.5 cm³/mol. The highest BCUT2D eigenvalue weighted by atomic mass is 32.2. The number of furan rings is 1. The molecule has 3 aromatic rings. The lowest BCUT2D eigenvalue weighted by atomic mass is 10.3. The van der Waals surface area contributed by atoms with Crippen molar-refractivity contribution in [1.29, 1.82) is 0 Å². The zero-order chi connectivity index (χ0) is 19.2. The van der Waals surface area contributed by atoms with Gasteiger partial charge in [-0.15, -0.1) is 10.2 Å². The second-order valence-corrected chi connectivity index (χ2v) is 6.41. The summed E-state index contributed by atoms with van der Waals surface area (Å²) in [7, 11) is 1.77. The summed E-state index contributed by atoms with van der Waals surface area (Å²) in [5, 5.41) is 13.7. The first-order valence-electron chi connectivity index (χ1n) is 7.91. The molecular formula is C17H16FN5O3S. The van der Waals surface area contributed by atoms with Crippen LogP contribution in [-0.2, 0) is 16.6 Å². The maximum atomic E-state index is 12.8. The van der Waals surface area contributed by atoms with Gasteiger partial charge in [0.1, 0.15) is 5.82 Å². The van der Waals surface area contributed by atoms with Gasteiger partial charge in [0.2, 0.25) is 11.8 Å². The molecule has 0 saturated heterocycles. The second-order valence-electron chi connectivity index (χ2n) is 5.46. The van der Waals surface area contributed by atoms with Gasteiger partial charge in [-0.05, 0) is 36.4 Å². The molecule has 2 amide bonds. The number of carbonyl (C=O) groups is 2. The molecule has 0 aliphatic heterocycles. The first kappa shape index (κ1) is 18.6. The van der Waals surface area contributed by atoms with Gasteiger partial charge in [0, 0.05) is 12.7 Å². The van der Waals surface area contributed by atoms with Crippen molar-refractivity contribution in [3.8, 4) is 11.6 Å². The summed E-state index contributed by atoms with van der Waals surface area (Å²) in [6.45, 7) is -0.187. The molecule has 0 unspecified atom stereocenters. The highest BCUT2D eigenvalue weighted by molar-refractivity contribution is 7.99. The average Bonchev–Trinajstić information content (AvgIpc) is 3.30. The molecule has 140 valence electrons. The van der Waals surface area contributed by atoms with E-state index in [1.54, 1.807) is 30.0 Å². The second kappa shape index (κ2) is 8.49. The molecule has 0 aliphatic rings. The van der Waals surface area contributed by atoms with Crippen molar-refractivity contribution < 1.29 is 18.4 Å². The number of nitrogens with one attached hydrogen (secondary N) is 2. The first-order valence-corrected chi connectivity index (χ1v) is 8.89. The molecule has 0 spiro atoms. The van der Waals surface area contributed by atoms with E-state index in [1.165, 1.54) is 36.0 Å². The Morgan fingerprint density at radius 3 is 2.67 bits per heavy atom. The molecule has 1 aromatic carbocycles. The van der Waals surface area contributed by atoms with Gasteiger partial charge in [-0.1, -0.05) is 11.8 Å². The molecule has 27 heavy (non-hydrogen) atoms. The Bertz CT molecular complexity index is 925. The van der Waals surface area contributed by atoms with E-state index in [1.807, 2.05) is 0 Å². The van der Waals surface area contributed by atoms with Crippen molar-refractivity contribution in [2.75, 3.05) is 17.6 Å². The van der Waals surface area contributed by atoms with Crippen LogP contribution in [0.25, 0.3) is 11.6 Å². The summed E-state index contributed by atoms with van der Waals surface area (Å²) >= 11 is 1.19. The van der Waals surface area contributed by atoms with Crippen LogP contribution in [0.2, 0.25) is 0 Å². The van der Waals surface area contributed by atoms with E-state index in [4.69, 9.17) is 4.42 Å². The smallest absolute Gasteiger partial charge is 0.243 e. The van der Waals surface area contributed by atoms with E-state index in [9.17, 15) is 14.0 Å². The fraction of sp³-hybridized carbons (Fsp3) is 0.176. The lowest BCUT2D eigenvalue weighted by Gasteiger charge is -2.07. The number of thioether (sulfide) groups is 1. The van der Waals surface area contributed by atoms with Crippen LogP contribution >= 0.6 is 11.8 Å². The lowest BCUT2D eigenvalue weighted by molar-refractivity contribution is -0.122. The SMILES string of the molecule is Cn1c(SCC(=O)NCC(=O)Nc2ccc(F)cc2)nnc1-c1ccco1. The fourth-order valence-corrected chi connectivity index (χ4v) is 2.90. The van der Waals surface area contributed by atoms with E-state index < -0.39 is 11.7 Å². The molecule has 0 fully saturated rings. The van der Waals surface area contributed by atoms with E-state index in [-0.39, 0.29) is 18.2 Å². The Hall–Kier alpha value is -3.14. The standard InChI is InChI=1S/C17H16FN5O3S/c1-23-16(13-3-2-8-26-13)21-22-17(23)27-10-15(25)19-9-14(24)20-12-6-4-11(18)5-7-12/h2-8H,9-10H2,1H3,(H,19,25)(H,20,24). The van der Waals surface area contributed by atoms with Gasteiger partial charge < -0.3 is 19.6 Å². The van der Waals surface area contributed by atoms with Gasteiger partial charge in [-0.3, -0.25) is 9.59 Å². The quantitative estimate of drug-likeness (QED) is 0.600. The molecule has 0 radical (unpaired) electrons. The molecule has 2 N–H and O–H groups in total. The topological polar surface area (TPSA) is 102 Å². The minimum absolute atomic E-state index is 0.0773. The number of rotatable bonds is 7. The molecule has 0 bridgehead atoms. The average molecular weight is 389 g/mol. The first-order chi connectivity index (χ1) is 13.0. The Labute approximate surface area is 158 Å². The van der Waals surface area contributed by atoms with E-state index in [0.29, 0.717) is 22.4 Å². The Balaban J connectivity index is 1.45. The van der Waals surface area contributed by atoms with Crippen molar-refractivity contribution in [2.45, 2.75) is 5.16 Å². The van der Waals surface area contributed by atoms with E-state index >= 15 is 0 Å². The maximum absolute atomic E-state index is 12.8. The zero-order valence-corrected chi connectivity index (χ0v) is 15.1. The summed E-state index contributed by atoms with van der Waals surface area (Å²) in [4.78, 5) is 23.7. The van der Waals surface area contributed by atoms with Crippen LogP contribution in [0.15, 0.2) is 52.2 Å². The van der Waals surface area contributed by atoms with Crippen LogP contribution in [0.4, 0.5) is 10.1 Å². The van der Waals surface area contributed by atoms with Crippen LogP contribution in [0.3, 0.4) is 0 Å². The normalized spacial score (nSPS) is 10.6. The number of benzene rings is 1. The van der Waals surface area contributed by atoms with Crippen molar-refractivity contribution in [2.24, 2.45) is 7.05 Å². The Morgan fingerprint density at radius 2 is 1.96 bits per heavy atom. The van der Waals surface area contributed by atoms with Crippen molar-refractivity contribution >= 4 is 29.3 Å². The Kier molecular flexibility index (Phi) is 5.87. The summed E-state index contributed by atoms with van der Waals surface area (Å²) in [6.07, 6.45) is 1.54. The number of nitrogens with zero attached hydrogens (tertiary/aromatic N) is 3.